The molecule has 0 spiro atoms. The van der Waals surface area contributed by atoms with E-state index < -0.39 is 30.1 Å². The summed E-state index contributed by atoms with van der Waals surface area (Å²) in [7, 11) is 1.46. The Labute approximate surface area is 205 Å². The molecule has 2 aliphatic carbocycles. The van der Waals surface area contributed by atoms with Crippen LogP contribution in [-0.4, -0.2) is 77.8 Å². The van der Waals surface area contributed by atoms with Crippen LogP contribution in [0.3, 0.4) is 0 Å². The topological polar surface area (TPSA) is 125 Å². The maximum Gasteiger partial charge on any atom is 0.247 e. The molecule has 1 aromatic rings. The molecular formula is C26H34N2O7. The van der Waals surface area contributed by atoms with Gasteiger partial charge in [-0.1, -0.05) is 19.8 Å². The number of aldehydes is 1. The van der Waals surface area contributed by atoms with Gasteiger partial charge >= 0.3 is 0 Å². The van der Waals surface area contributed by atoms with E-state index in [4.69, 9.17) is 9.47 Å². The summed E-state index contributed by atoms with van der Waals surface area (Å²) < 4.78 is 11.7. The number of ether oxygens (including phenoxy) is 2. The van der Waals surface area contributed by atoms with E-state index in [0.29, 0.717) is 47.3 Å². The zero-order valence-corrected chi connectivity index (χ0v) is 20.2. The van der Waals surface area contributed by atoms with Gasteiger partial charge < -0.3 is 29.9 Å². The minimum Gasteiger partial charge on any atom is -0.493 e. The molecule has 3 aliphatic rings. The van der Waals surface area contributed by atoms with Crippen LogP contribution in [0.5, 0.6) is 11.5 Å². The average molecular weight is 487 g/mol. The van der Waals surface area contributed by atoms with E-state index in [-0.39, 0.29) is 25.1 Å². The first kappa shape index (κ1) is 25.2. The molecule has 1 aromatic carbocycles. The first-order chi connectivity index (χ1) is 16.9. The van der Waals surface area contributed by atoms with E-state index in [1.54, 1.807) is 23.1 Å². The third-order valence-electron chi connectivity index (χ3n) is 7.20. The summed E-state index contributed by atoms with van der Waals surface area (Å²) in [6, 6.07) is 2.45. The summed E-state index contributed by atoms with van der Waals surface area (Å²) >= 11 is 0. The summed E-state index contributed by atoms with van der Waals surface area (Å²) in [5.74, 6) is -0.402. The van der Waals surface area contributed by atoms with Crippen LogP contribution in [0.15, 0.2) is 23.8 Å². The van der Waals surface area contributed by atoms with Gasteiger partial charge in [-0.25, -0.2) is 0 Å². The molecule has 9 nitrogen and oxygen atoms in total. The molecule has 0 aromatic heterocycles. The van der Waals surface area contributed by atoms with Gasteiger partial charge in [0.1, 0.15) is 18.5 Å². The molecule has 4 rings (SSSR count). The number of hydrogen-bond donors (Lipinski definition) is 3. The van der Waals surface area contributed by atoms with Crippen molar-refractivity contribution < 1.29 is 34.1 Å². The van der Waals surface area contributed by atoms with Crippen molar-refractivity contribution in [2.75, 3.05) is 20.3 Å². The highest BCUT2D eigenvalue weighted by atomic mass is 16.5. The van der Waals surface area contributed by atoms with Gasteiger partial charge in [0.25, 0.3) is 0 Å². The highest BCUT2D eigenvalue weighted by Crippen LogP contribution is 2.51. The van der Waals surface area contributed by atoms with Crippen molar-refractivity contribution >= 4 is 18.1 Å². The number of carbonyl (C=O) groups excluding carboxylic acids is 3. The van der Waals surface area contributed by atoms with Gasteiger partial charge in [0.2, 0.25) is 11.8 Å². The van der Waals surface area contributed by atoms with Gasteiger partial charge in [-0.2, -0.15) is 0 Å². The van der Waals surface area contributed by atoms with Gasteiger partial charge in [0.15, 0.2) is 11.5 Å². The normalized spacial score (nSPS) is 25.2. The smallest absolute Gasteiger partial charge is 0.247 e. The summed E-state index contributed by atoms with van der Waals surface area (Å²) in [6.45, 7) is 1.78. The van der Waals surface area contributed by atoms with Crippen molar-refractivity contribution in [1.82, 2.24) is 10.2 Å². The van der Waals surface area contributed by atoms with Gasteiger partial charge in [0.05, 0.1) is 25.7 Å². The van der Waals surface area contributed by atoms with Crippen molar-refractivity contribution in [1.29, 1.82) is 0 Å². The van der Waals surface area contributed by atoms with E-state index >= 15 is 0 Å². The third-order valence-corrected chi connectivity index (χ3v) is 7.20. The van der Waals surface area contributed by atoms with E-state index in [9.17, 15) is 24.6 Å². The molecule has 1 fully saturated rings. The second-order valence-electron chi connectivity index (χ2n) is 9.39. The van der Waals surface area contributed by atoms with Crippen LogP contribution in [0.1, 0.15) is 67.3 Å². The van der Waals surface area contributed by atoms with Gasteiger partial charge in [0, 0.05) is 35.7 Å². The maximum absolute atomic E-state index is 13.3. The lowest BCUT2D eigenvalue weighted by Gasteiger charge is -2.43. The average Bonchev–Trinajstić information content (AvgIpc) is 3.52. The largest absolute Gasteiger partial charge is 0.493 e. The molecule has 0 radical (unpaired) electrons. The number of aliphatic hydroxyl groups excluding tert-OH is 2. The predicted octanol–water partition coefficient (Wildman–Crippen LogP) is 1.70. The fraction of sp³-hybridized carbons (Fsp3) is 0.577. The number of aliphatic hydroxyl groups is 2. The first-order valence-corrected chi connectivity index (χ1v) is 12.4. The zero-order chi connectivity index (χ0) is 25.1. The molecule has 1 aliphatic heterocycles. The summed E-state index contributed by atoms with van der Waals surface area (Å²) in [5.41, 5.74) is 1.28. The molecule has 3 N–H and O–H groups in total. The molecule has 1 heterocycles. The fourth-order valence-electron chi connectivity index (χ4n) is 5.67. The minimum absolute atomic E-state index is 0.0109. The van der Waals surface area contributed by atoms with Gasteiger partial charge in [-0.3, -0.25) is 14.4 Å². The number of rotatable bonds is 9. The Morgan fingerprint density at radius 3 is 2.66 bits per heavy atom. The molecule has 0 saturated heterocycles. The van der Waals surface area contributed by atoms with Crippen molar-refractivity contribution in [2.45, 2.75) is 75.7 Å². The molecule has 0 unspecified atom stereocenters. The van der Waals surface area contributed by atoms with Gasteiger partial charge in [-0.05, 0) is 37.5 Å². The Bertz CT molecular complexity index is 1000. The predicted molar refractivity (Wildman–Crippen MR) is 128 cm³/mol. The van der Waals surface area contributed by atoms with Crippen LogP contribution >= 0.6 is 0 Å². The number of hydrogen-bond acceptors (Lipinski definition) is 7. The number of fused-ring (bicyclic) bond motifs is 3. The molecule has 4 atom stereocenters. The summed E-state index contributed by atoms with van der Waals surface area (Å²) in [6.07, 6.45) is 5.20. The lowest BCUT2D eigenvalue weighted by Crippen LogP contribution is -2.58. The minimum atomic E-state index is -1.09. The standard InChI is InChI=1S/C26H34N2O7/c1-3-6-21(31)28(16-7-4-5-8-16)19-13-18(26(33)27-9-10-29)22-17-11-15(14-30)12-20(34-2)24(17)35-25(22)23(19)32/h11-14,16,19,22-23,25,29,32H,3-10H2,1-2H3,(H,27,33)/t19-,22+,23+,25+/m1/s1. The molecule has 9 heteroatoms. The van der Waals surface area contributed by atoms with Crippen molar-refractivity contribution in [3.8, 4) is 11.5 Å². The SMILES string of the molecule is CCCC(=O)N(C1CCCC1)[C@@H]1C=C(C(=O)NCCO)[C@@H]2c3cc(C=O)cc(OC)c3O[C@@H]2[C@H]1O. The monoisotopic (exact) mass is 486 g/mol. The number of nitrogens with one attached hydrogen (secondary N) is 1. The molecule has 2 amide bonds. The molecule has 35 heavy (non-hydrogen) atoms. The van der Waals surface area contributed by atoms with E-state index in [0.717, 1.165) is 25.7 Å². The fourth-order valence-corrected chi connectivity index (χ4v) is 5.67. The lowest BCUT2D eigenvalue weighted by molar-refractivity contribution is -0.140. The van der Waals surface area contributed by atoms with Crippen molar-refractivity contribution in [3.63, 3.8) is 0 Å². The highest BCUT2D eigenvalue weighted by molar-refractivity contribution is 5.96. The maximum atomic E-state index is 13.3. The summed E-state index contributed by atoms with van der Waals surface area (Å²) in [4.78, 5) is 39.9. The van der Waals surface area contributed by atoms with Crippen LogP contribution in [0.2, 0.25) is 0 Å². The van der Waals surface area contributed by atoms with Crippen LogP contribution in [0.4, 0.5) is 0 Å². The van der Waals surface area contributed by atoms with E-state index in [2.05, 4.69) is 5.32 Å². The van der Waals surface area contributed by atoms with Crippen molar-refractivity contribution in [2.24, 2.45) is 0 Å². The Morgan fingerprint density at radius 2 is 2.03 bits per heavy atom. The number of methoxy groups -OCH3 is 1. The van der Waals surface area contributed by atoms with E-state index in [1.165, 1.54) is 7.11 Å². The van der Waals surface area contributed by atoms with E-state index in [1.807, 2.05) is 6.92 Å². The third kappa shape index (κ3) is 4.67. The Balaban J connectivity index is 1.82. The van der Waals surface area contributed by atoms with Crippen LogP contribution < -0.4 is 14.8 Å². The summed E-state index contributed by atoms with van der Waals surface area (Å²) in [5, 5.41) is 23.5. The molecular weight excluding hydrogens is 452 g/mol. The lowest BCUT2D eigenvalue weighted by atomic mass is 9.77. The van der Waals surface area contributed by atoms with Crippen molar-refractivity contribution in [3.05, 3.63) is 34.9 Å². The number of amides is 2. The quantitative estimate of drug-likeness (QED) is 0.454. The Kier molecular flexibility index (Phi) is 7.76. The van der Waals surface area contributed by atoms with Gasteiger partial charge in [-0.15, -0.1) is 0 Å². The van der Waals surface area contributed by atoms with Crippen LogP contribution in [0.25, 0.3) is 0 Å². The number of benzene rings is 1. The number of carbonyl (C=O) groups is 3. The second kappa shape index (κ2) is 10.8. The van der Waals surface area contributed by atoms with Crippen LogP contribution in [0, 0.1) is 0 Å². The zero-order valence-electron chi connectivity index (χ0n) is 20.2. The number of nitrogens with zero attached hydrogens (tertiary/aromatic N) is 1. The first-order valence-electron chi connectivity index (χ1n) is 12.4. The Morgan fingerprint density at radius 1 is 1.29 bits per heavy atom. The highest BCUT2D eigenvalue weighted by Gasteiger charge is 2.52. The molecule has 1 saturated carbocycles. The molecule has 190 valence electrons. The second-order valence-corrected chi connectivity index (χ2v) is 9.39. The Hall–Kier alpha value is -2.91. The molecule has 0 bridgehead atoms. The van der Waals surface area contributed by atoms with Crippen LogP contribution in [-0.2, 0) is 9.59 Å².